The van der Waals surface area contributed by atoms with Crippen molar-refractivity contribution in [2.45, 2.75) is 19.3 Å². The molecule has 0 aliphatic heterocycles. The molecule has 0 atom stereocenters. The van der Waals surface area contributed by atoms with Crippen LogP contribution >= 0.6 is 0 Å². The lowest BCUT2D eigenvalue weighted by atomic mass is 9.82. The maximum Gasteiger partial charge on any atom is 0.164 e. The van der Waals surface area contributed by atoms with E-state index in [0.717, 1.165) is 16.7 Å². The van der Waals surface area contributed by atoms with Gasteiger partial charge in [0.05, 0.1) is 0 Å². The van der Waals surface area contributed by atoms with E-state index < -0.39 is 0 Å². The molecule has 0 saturated carbocycles. The Labute approximate surface area is 216 Å². The molecule has 0 radical (unpaired) electrons. The summed E-state index contributed by atoms with van der Waals surface area (Å²) in [7, 11) is 0. The lowest BCUT2D eigenvalue weighted by molar-refractivity contribution is 0.661. The van der Waals surface area contributed by atoms with Crippen molar-refractivity contribution in [3.05, 3.63) is 126 Å². The molecule has 1 aliphatic carbocycles. The fraction of sp³-hybridized carbons (Fsp3) is 0.0882. The molecular weight excluding hydrogens is 450 g/mol. The van der Waals surface area contributed by atoms with Crippen molar-refractivity contribution in [2.75, 3.05) is 0 Å². The second-order valence-corrected chi connectivity index (χ2v) is 10.2. The van der Waals surface area contributed by atoms with Gasteiger partial charge in [0.1, 0.15) is 0 Å². The molecule has 37 heavy (non-hydrogen) atoms. The maximum absolute atomic E-state index is 4.92. The van der Waals surface area contributed by atoms with Gasteiger partial charge in [0, 0.05) is 22.1 Å². The molecule has 0 bridgehead atoms. The van der Waals surface area contributed by atoms with Crippen LogP contribution in [0.5, 0.6) is 0 Å². The SMILES string of the molecule is CC1(C)c2ccccc2-c2cc3cc(-c4nc(-c5ccccc5)nc(-c5ccccc5)n4)ccc3cc21. The van der Waals surface area contributed by atoms with Crippen LogP contribution in [-0.2, 0) is 5.41 Å². The summed E-state index contributed by atoms with van der Waals surface area (Å²) in [6.45, 7) is 4.64. The maximum atomic E-state index is 4.92. The Morgan fingerprint density at radius 3 is 1.65 bits per heavy atom. The molecule has 3 heteroatoms. The second-order valence-electron chi connectivity index (χ2n) is 10.2. The highest BCUT2D eigenvalue weighted by atomic mass is 15.0. The Hall–Kier alpha value is -4.63. The highest BCUT2D eigenvalue weighted by Gasteiger charge is 2.35. The van der Waals surface area contributed by atoms with Crippen LogP contribution in [-0.4, -0.2) is 15.0 Å². The first-order chi connectivity index (χ1) is 18.1. The Bertz CT molecular complexity index is 1730. The molecule has 0 fully saturated rings. The smallest absolute Gasteiger partial charge is 0.164 e. The van der Waals surface area contributed by atoms with Crippen LogP contribution in [0.3, 0.4) is 0 Å². The summed E-state index contributed by atoms with van der Waals surface area (Å²) < 4.78 is 0. The Balaban J connectivity index is 1.41. The topological polar surface area (TPSA) is 38.7 Å². The number of aromatic nitrogens is 3. The van der Waals surface area contributed by atoms with E-state index in [4.69, 9.17) is 15.0 Å². The summed E-state index contributed by atoms with van der Waals surface area (Å²) >= 11 is 0. The van der Waals surface area contributed by atoms with Gasteiger partial charge in [-0.3, -0.25) is 0 Å². The Morgan fingerprint density at radius 1 is 0.432 bits per heavy atom. The molecule has 7 rings (SSSR count). The normalized spacial score (nSPS) is 13.4. The van der Waals surface area contributed by atoms with Crippen LogP contribution in [0.2, 0.25) is 0 Å². The predicted octanol–water partition coefficient (Wildman–Crippen LogP) is 8.33. The van der Waals surface area contributed by atoms with Gasteiger partial charge in [-0.15, -0.1) is 0 Å². The van der Waals surface area contributed by atoms with Crippen LogP contribution < -0.4 is 0 Å². The van der Waals surface area contributed by atoms with E-state index in [1.807, 2.05) is 60.7 Å². The zero-order valence-corrected chi connectivity index (χ0v) is 20.8. The minimum Gasteiger partial charge on any atom is -0.208 e. The van der Waals surface area contributed by atoms with E-state index in [-0.39, 0.29) is 5.41 Å². The van der Waals surface area contributed by atoms with Crippen LogP contribution in [0.4, 0.5) is 0 Å². The van der Waals surface area contributed by atoms with Crippen molar-refractivity contribution in [3.8, 4) is 45.3 Å². The molecule has 1 aromatic heterocycles. The molecule has 0 saturated heterocycles. The molecule has 0 unspecified atom stereocenters. The number of hydrogen-bond donors (Lipinski definition) is 0. The van der Waals surface area contributed by atoms with E-state index in [2.05, 4.69) is 68.4 Å². The predicted molar refractivity (Wildman–Crippen MR) is 151 cm³/mol. The quantitative estimate of drug-likeness (QED) is 0.258. The molecule has 1 heterocycles. The third kappa shape index (κ3) is 3.54. The van der Waals surface area contributed by atoms with Crippen molar-refractivity contribution in [3.63, 3.8) is 0 Å². The molecule has 3 nitrogen and oxygen atoms in total. The molecular formula is C34H25N3. The van der Waals surface area contributed by atoms with Crippen molar-refractivity contribution in [1.82, 2.24) is 15.0 Å². The van der Waals surface area contributed by atoms with Gasteiger partial charge in [-0.1, -0.05) is 111 Å². The molecule has 0 spiro atoms. The molecule has 1 aliphatic rings. The molecule has 5 aromatic carbocycles. The summed E-state index contributed by atoms with van der Waals surface area (Å²) in [4.78, 5) is 14.7. The lowest BCUT2D eigenvalue weighted by Crippen LogP contribution is -2.14. The van der Waals surface area contributed by atoms with Crippen molar-refractivity contribution < 1.29 is 0 Å². The van der Waals surface area contributed by atoms with Gasteiger partial charge in [-0.05, 0) is 51.2 Å². The summed E-state index contributed by atoms with van der Waals surface area (Å²) in [6, 6.07) is 40.2. The molecule has 176 valence electrons. The highest BCUT2D eigenvalue weighted by molar-refractivity contribution is 5.95. The van der Waals surface area contributed by atoms with Crippen molar-refractivity contribution in [1.29, 1.82) is 0 Å². The Kier molecular flexibility index (Phi) is 4.80. The van der Waals surface area contributed by atoms with E-state index in [1.165, 1.54) is 33.0 Å². The van der Waals surface area contributed by atoms with Gasteiger partial charge in [0.25, 0.3) is 0 Å². The fourth-order valence-electron chi connectivity index (χ4n) is 5.52. The van der Waals surface area contributed by atoms with Gasteiger partial charge in [0.15, 0.2) is 17.5 Å². The lowest BCUT2D eigenvalue weighted by Gasteiger charge is -2.21. The van der Waals surface area contributed by atoms with E-state index in [1.54, 1.807) is 0 Å². The number of hydrogen-bond acceptors (Lipinski definition) is 3. The number of rotatable bonds is 3. The minimum atomic E-state index is -0.0117. The number of nitrogens with zero attached hydrogens (tertiary/aromatic N) is 3. The van der Waals surface area contributed by atoms with E-state index >= 15 is 0 Å². The zero-order valence-electron chi connectivity index (χ0n) is 20.8. The average Bonchev–Trinajstić information content (AvgIpc) is 3.18. The van der Waals surface area contributed by atoms with Gasteiger partial charge < -0.3 is 0 Å². The molecule has 0 amide bonds. The monoisotopic (exact) mass is 475 g/mol. The van der Waals surface area contributed by atoms with Gasteiger partial charge >= 0.3 is 0 Å². The standard InChI is InChI=1S/C34H25N3/c1-34(2)29-16-10-9-15-27(29)28-20-26-19-25(18-17-24(26)21-30(28)34)33-36-31(22-11-5-3-6-12-22)35-32(37-33)23-13-7-4-8-14-23/h3-21H,1-2H3. The third-order valence-electron chi connectivity index (χ3n) is 7.50. The summed E-state index contributed by atoms with van der Waals surface area (Å²) in [6.07, 6.45) is 0. The summed E-state index contributed by atoms with van der Waals surface area (Å²) in [5.41, 5.74) is 8.33. The first-order valence-corrected chi connectivity index (χ1v) is 12.6. The highest BCUT2D eigenvalue weighted by Crippen LogP contribution is 2.49. The second kappa shape index (κ2) is 8.21. The minimum absolute atomic E-state index is 0.0117. The van der Waals surface area contributed by atoms with Gasteiger partial charge in [-0.2, -0.15) is 0 Å². The molecule has 0 N–H and O–H groups in total. The zero-order chi connectivity index (χ0) is 25.0. The molecule has 6 aromatic rings. The summed E-state index contributed by atoms with van der Waals surface area (Å²) in [5, 5.41) is 2.41. The van der Waals surface area contributed by atoms with Crippen molar-refractivity contribution >= 4 is 10.8 Å². The number of fused-ring (bicyclic) bond motifs is 4. The number of benzene rings is 5. The van der Waals surface area contributed by atoms with Crippen LogP contribution in [0.1, 0.15) is 25.0 Å². The first-order valence-electron chi connectivity index (χ1n) is 12.6. The average molecular weight is 476 g/mol. The van der Waals surface area contributed by atoms with Crippen LogP contribution in [0.25, 0.3) is 56.1 Å². The first kappa shape index (κ1) is 21.6. The van der Waals surface area contributed by atoms with E-state index in [0.29, 0.717) is 17.5 Å². The Morgan fingerprint density at radius 2 is 1.00 bits per heavy atom. The van der Waals surface area contributed by atoms with Gasteiger partial charge in [-0.25, -0.2) is 15.0 Å². The summed E-state index contributed by atoms with van der Waals surface area (Å²) in [5.74, 6) is 2.03. The third-order valence-corrected chi connectivity index (χ3v) is 7.50. The van der Waals surface area contributed by atoms with Crippen LogP contribution in [0, 0.1) is 0 Å². The largest absolute Gasteiger partial charge is 0.208 e. The van der Waals surface area contributed by atoms with Gasteiger partial charge in [0.2, 0.25) is 0 Å². The fourth-order valence-corrected chi connectivity index (χ4v) is 5.52. The van der Waals surface area contributed by atoms with E-state index in [9.17, 15) is 0 Å². The van der Waals surface area contributed by atoms with Crippen molar-refractivity contribution in [2.24, 2.45) is 0 Å². The van der Waals surface area contributed by atoms with Crippen LogP contribution in [0.15, 0.2) is 115 Å².